The molecule has 152 valence electrons. The molecule has 2 heterocycles. The third-order valence-electron chi connectivity index (χ3n) is 4.27. The van der Waals surface area contributed by atoms with E-state index in [0.29, 0.717) is 49.8 Å². The van der Waals surface area contributed by atoms with Crippen LogP contribution in [0.4, 0.5) is 33.6 Å². The van der Waals surface area contributed by atoms with Gasteiger partial charge in [-0.3, -0.25) is 0 Å². The summed E-state index contributed by atoms with van der Waals surface area (Å²) in [7, 11) is 0. The second kappa shape index (κ2) is 9.49. The van der Waals surface area contributed by atoms with E-state index in [9.17, 15) is 4.39 Å². The number of hydrogen-bond donors (Lipinski definition) is 2. The summed E-state index contributed by atoms with van der Waals surface area (Å²) in [6.45, 7) is 4.67. The molecule has 3 aromatic rings. The molecular weight excluding hydrogens is 395 g/mol. The van der Waals surface area contributed by atoms with Gasteiger partial charge in [0.05, 0.1) is 13.2 Å². The zero-order valence-electron chi connectivity index (χ0n) is 15.9. The lowest BCUT2D eigenvalue weighted by atomic mass is 10.2. The fourth-order valence-electron chi connectivity index (χ4n) is 2.93. The second-order valence-corrected chi connectivity index (χ2v) is 6.51. The van der Waals surface area contributed by atoms with Gasteiger partial charge in [0.2, 0.25) is 17.8 Å². The van der Waals surface area contributed by atoms with Crippen molar-refractivity contribution in [3.63, 3.8) is 0 Å². The van der Waals surface area contributed by atoms with Crippen LogP contribution >= 0.6 is 12.4 Å². The predicted octanol–water partition coefficient (Wildman–Crippen LogP) is 4.06. The van der Waals surface area contributed by atoms with Gasteiger partial charge < -0.3 is 20.3 Å². The zero-order chi connectivity index (χ0) is 19.3. The van der Waals surface area contributed by atoms with E-state index in [2.05, 4.69) is 25.6 Å². The minimum atomic E-state index is -0.328. The minimum absolute atomic E-state index is 0. The minimum Gasteiger partial charge on any atom is -0.378 e. The molecule has 1 fully saturated rings. The number of halogens is 2. The van der Waals surface area contributed by atoms with E-state index in [4.69, 9.17) is 4.74 Å². The number of ether oxygens (including phenoxy) is 1. The fourth-order valence-corrected chi connectivity index (χ4v) is 2.93. The highest BCUT2D eigenvalue weighted by Gasteiger charge is 2.17. The number of aryl methyl sites for hydroxylation is 1. The highest BCUT2D eigenvalue weighted by Crippen LogP contribution is 2.21. The smallest absolute Gasteiger partial charge is 0.233 e. The number of nitrogens with zero attached hydrogens (tertiary/aromatic N) is 4. The van der Waals surface area contributed by atoms with Crippen LogP contribution in [0.5, 0.6) is 0 Å². The molecule has 0 unspecified atom stereocenters. The average molecular weight is 417 g/mol. The number of anilines is 5. The van der Waals surface area contributed by atoms with Crippen LogP contribution in [0.25, 0.3) is 0 Å². The van der Waals surface area contributed by atoms with Crippen LogP contribution in [0.15, 0.2) is 48.5 Å². The van der Waals surface area contributed by atoms with Crippen molar-refractivity contribution < 1.29 is 9.13 Å². The molecule has 0 bridgehead atoms. The Morgan fingerprint density at radius 3 is 2.14 bits per heavy atom. The normalized spacial score (nSPS) is 13.5. The summed E-state index contributed by atoms with van der Waals surface area (Å²) in [6, 6.07) is 14.1. The van der Waals surface area contributed by atoms with Gasteiger partial charge in [-0.15, -0.1) is 12.4 Å². The van der Waals surface area contributed by atoms with E-state index in [1.54, 1.807) is 12.1 Å². The maximum atomic E-state index is 13.5. The molecule has 2 aromatic carbocycles. The number of rotatable bonds is 5. The van der Waals surface area contributed by atoms with Crippen LogP contribution in [0, 0.1) is 12.7 Å². The Bertz CT molecular complexity index is 901. The summed E-state index contributed by atoms with van der Waals surface area (Å²) in [6.07, 6.45) is 0. The van der Waals surface area contributed by atoms with Crippen LogP contribution in [-0.2, 0) is 4.74 Å². The van der Waals surface area contributed by atoms with Gasteiger partial charge in [0.1, 0.15) is 5.82 Å². The summed E-state index contributed by atoms with van der Waals surface area (Å²) in [5.41, 5.74) is 2.59. The van der Waals surface area contributed by atoms with Crippen molar-refractivity contribution in [2.75, 3.05) is 41.8 Å². The lowest BCUT2D eigenvalue weighted by Gasteiger charge is -2.27. The van der Waals surface area contributed by atoms with Crippen LogP contribution in [0.3, 0.4) is 0 Å². The molecular formula is C20H22ClFN6O. The molecule has 0 radical (unpaired) electrons. The Labute approximate surface area is 174 Å². The quantitative estimate of drug-likeness (QED) is 0.649. The van der Waals surface area contributed by atoms with Gasteiger partial charge in [-0.05, 0) is 42.8 Å². The largest absolute Gasteiger partial charge is 0.378 e. The van der Waals surface area contributed by atoms with Crippen molar-refractivity contribution >= 4 is 41.6 Å². The molecule has 0 spiro atoms. The number of aromatic nitrogens is 3. The molecule has 0 saturated carbocycles. The first-order chi connectivity index (χ1) is 13.7. The second-order valence-electron chi connectivity index (χ2n) is 6.51. The van der Waals surface area contributed by atoms with E-state index >= 15 is 0 Å². The molecule has 29 heavy (non-hydrogen) atoms. The molecule has 0 aliphatic carbocycles. The molecule has 0 atom stereocenters. The monoisotopic (exact) mass is 416 g/mol. The number of morpholine rings is 1. The van der Waals surface area contributed by atoms with Crippen molar-refractivity contribution in [1.29, 1.82) is 0 Å². The van der Waals surface area contributed by atoms with E-state index in [0.717, 1.165) is 11.3 Å². The van der Waals surface area contributed by atoms with E-state index < -0.39 is 0 Å². The van der Waals surface area contributed by atoms with E-state index in [1.165, 1.54) is 12.1 Å². The number of hydrogen-bond acceptors (Lipinski definition) is 7. The Morgan fingerprint density at radius 1 is 0.897 bits per heavy atom. The molecule has 0 amide bonds. The Kier molecular flexibility index (Phi) is 6.79. The summed E-state index contributed by atoms with van der Waals surface area (Å²) in [5.74, 6) is 0.983. The standard InChI is InChI=1S/C20H21FN6O.ClH/c1-14-4-2-6-16(12-14)22-18-24-19(23-17-7-3-5-15(21)13-17)26-20(25-18)27-8-10-28-11-9-27;/h2-7,12-13H,8-11H2,1H3,(H2,22,23,24,25,26);1H. The predicted molar refractivity (Wildman–Crippen MR) is 114 cm³/mol. The van der Waals surface area contributed by atoms with Gasteiger partial charge in [0.15, 0.2) is 0 Å². The van der Waals surface area contributed by atoms with Crippen molar-refractivity contribution in [3.05, 3.63) is 59.9 Å². The van der Waals surface area contributed by atoms with Gasteiger partial charge in [-0.2, -0.15) is 15.0 Å². The topological polar surface area (TPSA) is 75.2 Å². The summed E-state index contributed by atoms with van der Waals surface area (Å²) in [5, 5.41) is 6.29. The molecule has 7 nitrogen and oxygen atoms in total. The maximum Gasteiger partial charge on any atom is 0.233 e. The molecule has 1 aliphatic heterocycles. The third-order valence-corrected chi connectivity index (χ3v) is 4.27. The third kappa shape index (κ3) is 5.52. The molecule has 4 rings (SSSR count). The summed E-state index contributed by atoms with van der Waals surface area (Å²) >= 11 is 0. The Hall–Kier alpha value is -2.97. The Balaban J connectivity index is 0.00000240. The van der Waals surface area contributed by atoms with Gasteiger partial charge in [0.25, 0.3) is 0 Å². The van der Waals surface area contributed by atoms with Crippen LogP contribution in [0.2, 0.25) is 0 Å². The van der Waals surface area contributed by atoms with Crippen LogP contribution in [0.1, 0.15) is 5.56 Å². The van der Waals surface area contributed by atoms with E-state index in [-0.39, 0.29) is 18.2 Å². The van der Waals surface area contributed by atoms with Crippen molar-refractivity contribution in [2.24, 2.45) is 0 Å². The number of benzene rings is 2. The lowest BCUT2D eigenvalue weighted by molar-refractivity contribution is 0.122. The summed E-state index contributed by atoms with van der Waals surface area (Å²) < 4.78 is 18.9. The number of nitrogens with one attached hydrogen (secondary N) is 2. The highest BCUT2D eigenvalue weighted by atomic mass is 35.5. The molecule has 1 aliphatic rings. The van der Waals surface area contributed by atoms with Crippen LogP contribution in [-0.4, -0.2) is 41.3 Å². The first kappa shape index (κ1) is 20.8. The van der Waals surface area contributed by atoms with Gasteiger partial charge >= 0.3 is 0 Å². The fraction of sp³-hybridized carbons (Fsp3) is 0.250. The van der Waals surface area contributed by atoms with Gasteiger partial charge in [-0.25, -0.2) is 4.39 Å². The highest BCUT2D eigenvalue weighted by molar-refractivity contribution is 5.85. The van der Waals surface area contributed by atoms with Gasteiger partial charge in [0, 0.05) is 24.5 Å². The van der Waals surface area contributed by atoms with Crippen molar-refractivity contribution in [3.8, 4) is 0 Å². The first-order valence-corrected chi connectivity index (χ1v) is 9.11. The van der Waals surface area contributed by atoms with Gasteiger partial charge in [-0.1, -0.05) is 18.2 Å². The Morgan fingerprint density at radius 2 is 1.52 bits per heavy atom. The van der Waals surface area contributed by atoms with Crippen molar-refractivity contribution in [2.45, 2.75) is 6.92 Å². The van der Waals surface area contributed by atoms with Crippen LogP contribution < -0.4 is 15.5 Å². The maximum absolute atomic E-state index is 13.5. The zero-order valence-corrected chi connectivity index (χ0v) is 16.7. The molecule has 2 N–H and O–H groups in total. The average Bonchev–Trinajstić information content (AvgIpc) is 2.68. The molecule has 1 saturated heterocycles. The SMILES string of the molecule is Cc1cccc(Nc2nc(Nc3cccc(F)c3)nc(N3CCOCC3)n2)c1.Cl. The summed E-state index contributed by atoms with van der Waals surface area (Å²) in [4.78, 5) is 15.6. The van der Waals surface area contributed by atoms with Crippen molar-refractivity contribution in [1.82, 2.24) is 15.0 Å². The van der Waals surface area contributed by atoms with E-state index in [1.807, 2.05) is 36.1 Å². The molecule has 9 heteroatoms. The molecule has 1 aromatic heterocycles. The lowest BCUT2D eigenvalue weighted by Crippen LogP contribution is -2.37. The first-order valence-electron chi connectivity index (χ1n) is 9.11.